The topological polar surface area (TPSA) is 12.1 Å². The van der Waals surface area contributed by atoms with Crippen molar-refractivity contribution in [3.8, 4) is 16.8 Å². The lowest BCUT2D eigenvalue weighted by molar-refractivity contribution is -0.657. The van der Waals surface area contributed by atoms with Gasteiger partial charge in [-0.2, -0.15) is 0 Å². The normalized spacial score (nSPS) is 13.8. The van der Waals surface area contributed by atoms with Gasteiger partial charge in [-0.05, 0) is 75.1 Å². The maximum atomic E-state index is 2.49. The summed E-state index contributed by atoms with van der Waals surface area (Å²) >= 11 is 0. The van der Waals surface area contributed by atoms with E-state index < -0.39 is 0 Å². The molecular formula is C35H43BN3+. The highest BCUT2D eigenvalue weighted by atomic mass is 15.3. The molecule has 0 amide bonds. The van der Waals surface area contributed by atoms with Crippen LogP contribution in [0.4, 0.5) is 5.95 Å². The van der Waals surface area contributed by atoms with Crippen LogP contribution in [0.15, 0.2) is 85.3 Å². The Morgan fingerprint density at radius 1 is 0.795 bits per heavy atom. The van der Waals surface area contributed by atoms with Gasteiger partial charge >= 0.3 is 12.8 Å². The zero-order chi connectivity index (χ0) is 28.1. The van der Waals surface area contributed by atoms with Gasteiger partial charge in [-0.15, -0.1) is 0 Å². The molecule has 3 nitrogen and oxygen atoms in total. The van der Waals surface area contributed by atoms with Crippen LogP contribution in [0.25, 0.3) is 22.4 Å². The summed E-state index contributed by atoms with van der Waals surface area (Å²) in [5.41, 5.74) is 10.8. The number of fused-ring (bicyclic) bond motifs is 1. The summed E-state index contributed by atoms with van der Waals surface area (Å²) in [7, 11) is 2.17. The molecule has 1 aliphatic rings. The average molecular weight is 517 g/mol. The largest absolute Gasteiger partial charge is 0.373 e. The van der Waals surface area contributed by atoms with E-state index >= 15 is 0 Å². The molecule has 1 aromatic heterocycles. The second kappa shape index (κ2) is 10.2. The molecule has 4 heteroatoms. The smallest absolute Gasteiger partial charge is 0.290 e. The number of hydrogen-bond acceptors (Lipinski definition) is 1. The summed E-state index contributed by atoms with van der Waals surface area (Å²) in [6, 6.07) is 24.5. The Morgan fingerprint density at radius 3 is 1.97 bits per heavy atom. The minimum Gasteiger partial charge on any atom is -0.290 e. The minimum absolute atomic E-state index is 0.0218. The van der Waals surface area contributed by atoms with E-state index in [9.17, 15) is 0 Å². The molecule has 39 heavy (non-hydrogen) atoms. The van der Waals surface area contributed by atoms with Gasteiger partial charge in [-0.3, -0.25) is 4.81 Å². The van der Waals surface area contributed by atoms with Crippen molar-refractivity contribution in [1.29, 1.82) is 0 Å². The summed E-state index contributed by atoms with van der Waals surface area (Å²) in [5.74, 6) is 1.93. The van der Waals surface area contributed by atoms with Gasteiger partial charge < -0.3 is 0 Å². The standard InChI is InChI=1S/C35H43BN3/c1-24(2)29-21-27(26-15-11-10-12-16-26)22-30(25(3)4)33(29)38-20-19-37(9)34(38)39-23-31(35(5,6)7)28-17-13-14-18-32(28)36(39)8/h10-25H,1-9H3/q+1. The number of nitrogens with zero attached hydrogens (tertiary/aromatic N) is 3. The lowest BCUT2D eigenvalue weighted by Crippen LogP contribution is -2.52. The molecule has 5 rings (SSSR count). The summed E-state index contributed by atoms with van der Waals surface area (Å²) in [6.07, 6.45) is 6.86. The number of aromatic nitrogens is 2. The molecule has 0 saturated carbocycles. The lowest BCUT2D eigenvalue weighted by Gasteiger charge is -2.34. The zero-order valence-electron chi connectivity index (χ0n) is 25.2. The van der Waals surface area contributed by atoms with Crippen molar-refractivity contribution >= 4 is 23.8 Å². The minimum atomic E-state index is 0.0218. The van der Waals surface area contributed by atoms with E-state index in [1.165, 1.54) is 50.5 Å². The third-order valence-corrected chi connectivity index (χ3v) is 8.16. The number of allylic oxidation sites excluding steroid dienone is 1. The first-order valence-electron chi connectivity index (χ1n) is 14.4. The van der Waals surface area contributed by atoms with Crippen LogP contribution in [0, 0.1) is 5.41 Å². The number of imidazole rings is 1. The van der Waals surface area contributed by atoms with Crippen LogP contribution >= 0.6 is 0 Å². The van der Waals surface area contributed by atoms with Crippen LogP contribution in [0.5, 0.6) is 0 Å². The number of rotatable bonds is 5. The summed E-state index contributed by atoms with van der Waals surface area (Å²) in [4.78, 5) is 2.49. The summed E-state index contributed by atoms with van der Waals surface area (Å²) in [5, 5.41) is 0. The van der Waals surface area contributed by atoms with Crippen LogP contribution in [0.2, 0.25) is 6.82 Å². The van der Waals surface area contributed by atoms with E-state index in [4.69, 9.17) is 0 Å². The molecule has 4 aromatic rings. The van der Waals surface area contributed by atoms with Crippen LogP contribution in [-0.4, -0.2) is 11.4 Å². The molecule has 0 atom stereocenters. The highest BCUT2D eigenvalue weighted by Crippen LogP contribution is 2.40. The molecule has 2 heterocycles. The van der Waals surface area contributed by atoms with Crippen molar-refractivity contribution in [3.63, 3.8) is 0 Å². The third-order valence-electron chi connectivity index (χ3n) is 8.16. The Bertz CT molecular complexity index is 1490. The van der Waals surface area contributed by atoms with Crippen molar-refractivity contribution in [2.24, 2.45) is 12.5 Å². The second-order valence-corrected chi connectivity index (χ2v) is 12.7. The van der Waals surface area contributed by atoms with Crippen LogP contribution in [-0.2, 0) is 7.05 Å². The van der Waals surface area contributed by atoms with E-state index in [2.05, 4.69) is 162 Å². The van der Waals surface area contributed by atoms with Crippen molar-refractivity contribution < 1.29 is 4.57 Å². The maximum Gasteiger partial charge on any atom is 0.373 e. The first-order chi connectivity index (χ1) is 18.5. The Kier molecular flexibility index (Phi) is 7.09. The van der Waals surface area contributed by atoms with Gasteiger partial charge in [0.05, 0.1) is 19.4 Å². The van der Waals surface area contributed by atoms with E-state index in [0.717, 1.165) is 0 Å². The molecular weight excluding hydrogens is 473 g/mol. The highest BCUT2D eigenvalue weighted by Gasteiger charge is 2.40. The summed E-state index contributed by atoms with van der Waals surface area (Å²) < 4.78 is 4.72. The number of benzene rings is 3. The highest BCUT2D eigenvalue weighted by molar-refractivity contribution is 6.77. The van der Waals surface area contributed by atoms with Crippen LogP contribution < -0.4 is 14.8 Å². The maximum absolute atomic E-state index is 2.49. The van der Waals surface area contributed by atoms with Crippen LogP contribution in [0.3, 0.4) is 0 Å². The fraction of sp³-hybridized carbons (Fsp3) is 0.343. The van der Waals surface area contributed by atoms with Gasteiger partial charge in [0.1, 0.15) is 11.9 Å². The molecule has 0 aliphatic carbocycles. The van der Waals surface area contributed by atoms with Gasteiger partial charge in [-0.1, -0.05) is 103 Å². The molecule has 200 valence electrons. The van der Waals surface area contributed by atoms with E-state index in [1.54, 1.807) is 0 Å². The molecule has 3 aromatic carbocycles. The number of anilines is 1. The zero-order valence-corrected chi connectivity index (χ0v) is 25.2. The van der Waals surface area contributed by atoms with Crippen molar-refractivity contribution in [2.75, 3.05) is 4.81 Å². The molecule has 1 aliphatic heterocycles. The fourth-order valence-electron chi connectivity index (χ4n) is 5.99. The Morgan fingerprint density at radius 2 is 1.38 bits per heavy atom. The Labute approximate surface area is 235 Å². The monoisotopic (exact) mass is 516 g/mol. The lowest BCUT2D eigenvalue weighted by atomic mass is 9.52. The number of aryl methyl sites for hydroxylation is 1. The van der Waals surface area contributed by atoms with Gasteiger partial charge in [-0.25, -0.2) is 9.13 Å². The fourth-order valence-corrected chi connectivity index (χ4v) is 5.99. The molecule has 0 fully saturated rings. The molecule has 0 N–H and O–H groups in total. The van der Waals surface area contributed by atoms with Crippen molar-refractivity contribution in [2.45, 2.75) is 67.1 Å². The molecule has 0 spiro atoms. The Hall–Kier alpha value is -3.53. The van der Waals surface area contributed by atoms with E-state index in [0.29, 0.717) is 11.8 Å². The van der Waals surface area contributed by atoms with Crippen LogP contribution in [0.1, 0.15) is 77.0 Å². The number of hydrogen-bond donors (Lipinski definition) is 0. The molecule has 0 unspecified atom stereocenters. The summed E-state index contributed by atoms with van der Waals surface area (Å²) in [6.45, 7) is 18.8. The van der Waals surface area contributed by atoms with Gasteiger partial charge in [0, 0.05) is 0 Å². The predicted octanol–water partition coefficient (Wildman–Crippen LogP) is 7.95. The van der Waals surface area contributed by atoms with Crippen molar-refractivity contribution in [1.82, 2.24) is 4.57 Å². The first kappa shape index (κ1) is 27.1. The second-order valence-electron chi connectivity index (χ2n) is 12.7. The molecule has 0 bridgehead atoms. The van der Waals surface area contributed by atoms with Crippen molar-refractivity contribution in [3.05, 3.63) is 102 Å². The third kappa shape index (κ3) is 4.86. The predicted molar refractivity (Wildman–Crippen MR) is 168 cm³/mol. The molecule has 0 saturated heterocycles. The SMILES string of the molecule is CB1c2ccccc2C(C(C)(C)C)=CN1c1n(-c2c(C(C)C)cc(-c3ccccc3)cc2C(C)C)cc[n+]1C. The van der Waals surface area contributed by atoms with Gasteiger partial charge in [0.25, 0.3) is 0 Å². The average Bonchev–Trinajstić information content (AvgIpc) is 3.28. The van der Waals surface area contributed by atoms with E-state index in [1.807, 2.05) is 0 Å². The van der Waals surface area contributed by atoms with Gasteiger partial charge in [0.15, 0.2) is 0 Å². The van der Waals surface area contributed by atoms with E-state index in [-0.39, 0.29) is 12.3 Å². The quantitative estimate of drug-likeness (QED) is 0.194. The molecule has 0 radical (unpaired) electrons. The van der Waals surface area contributed by atoms with Gasteiger partial charge in [0.2, 0.25) is 0 Å². The Balaban J connectivity index is 1.77. The first-order valence-corrected chi connectivity index (χ1v) is 14.4.